The van der Waals surface area contributed by atoms with E-state index >= 15 is 0 Å². The van der Waals surface area contributed by atoms with E-state index < -0.39 is 0 Å². The molecule has 1 aliphatic heterocycles. The van der Waals surface area contributed by atoms with Crippen molar-refractivity contribution >= 4 is 40.7 Å². The highest BCUT2D eigenvalue weighted by molar-refractivity contribution is 9.10. The maximum atomic E-state index is 13.5. The Hall–Kier alpha value is 0.130. The summed E-state index contributed by atoms with van der Waals surface area (Å²) in [7, 11) is 0. The molecule has 0 radical (unpaired) electrons. The molecule has 2 nitrogen and oxygen atoms in total. The van der Waals surface area contributed by atoms with E-state index in [0.29, 0.717) is 12.0 Å². The first-order valence-corrected chi connectivity index (χ1v) is 7.45. The number of piperazine rings is 1. The molecule has 1 aromatic rings. The molecule has 3 rings (SSSR count). The van der Waals surface area contributed by atoms with Crippen LogP contribution in [-0.4, -0.2) is 31.1 Å². The smallest absolute Gasteiger partial charge is 0.123 e. The zero-order valence-corrected chi connectivity index (χ0v) is 14.4. The number of benzene rings is 1. The van der Waals surface area contributed by atoms with E-state index in [4.69, 9.17) is 0 Å². The van der Waals surface area contributed by atoms with Gasteiger partial charge in [0.25, 0.3) is 0 Å². The van der Waals surface area contributed by atoms with Crippen LogP contribution < -0.4 is 5.32 Å². The van der Waals surface area contributed by atoms with Gasteiger partial charge >= 0.3 is 0 Å². The molecule has 1 N–H and O–H groups in total. The number of nitrogens with zero attached hydrogens (tertiary/aromatic N) is 1. The van der Waals surface area contributed by atoms with Crippen molar-refractivity contribution in [3.05, 3.63) is 34.1 Å². The fraction of sp³-hybridized carbons (Fsp3) is 0.571. The van der Waals surface area contributed by atoms with Gasteiger partial charge in [-0.25, -0.2) is 4.39 Å². The van der Waals surface area contributed by atoms with Gasteiger partial charge < -0.3 is 5.32 Å². The van der Waals surface area contributed by atoms with Gasteiger partial charge in [-0.15, -0.1) is 24.8 Å². The van der Waals surface area contributed by atoms with Gasteiger partial charge in [-0.2, -0.15) is 0 Å². The third-order valence-electron chi connectivity index (χ3n) is 3.89. The molecule has 0 amide bonds. The van der Waals surface area contributed by atoms with Crippen molar-refractivity contribution in [2.45, 2.75) is 18.9 Å². The Bertz CT molecular complexity index is 437. The minimum absolute atomic E-state index is 0. The van der Waals surface area contributed by atoms with Crippen LogP contribution in [0, 0.1) is 11.7 Å². The summed E-state index contributed by atoms with van der Waals surface area (Å²) in [6, 6.07) is 5.45. The van der Waals surface area contributed by atoms with E-state index in [-0.39, 0.29) is 30.6 Å². The van der Waals surface area contributed by atoms with Crippen LogP contribution in [0.25, 0.3) is 0 Å². The van der Waals surface area contributed by atoms with Gasteiger partial charge in [-0.05, 0) is 42.5 Å². The molecule has 20 heavy (non-hydrogen) atoms. The molecule has 1 aliphatic carbocycles. The molecule has 6 heteroatoms. The van der Waals surface area contributed by atoms with Gasteiger partial charge in [0.1, 0.15) is 5.82 Å². The fourth-order valence-corrected chi connectivity index (χ4v) is 3.34. The topological polar surface area (TPSA) is 15.3 Å². The van der Waals surface area contributed by atoms with E-state index in [9.17, 15) is 4.39 Å². The summed E-state index contributed by atoms with van der Waals surface area (Å²) in [5, 5.41) is 3.38. The number of hydrogen-bond acceptors (Lipinski definition) is 2. The van der Waals surface area contributed by atoms with E-state index in [1.807, 2.05) is 6.07 Å². The molecule has 0 bridgehead atoms. The molecule has 1 saturated carbocycles. The molecule has 0 aromatic heterocycles. The van der Waals surface area contributed by atoms with Crippen LogP contribution in [-0.2, 0) is 0 Å². The average Bonchev–Trinajstić information content (AvgIpc) is 3.20. The predicted octanol–water partition coefficient (Wildman–Crippen LogP) is 3.79. The molecule has 0 spiro atoms. The Morgan fingerprint density at radius 2 is 1.85 bits per heavy atom. The number of rotatable bonds is 3. The van der Waals surface area contributed by atoms with Crippen LogP contribution in [0.2, 0.25) is 0 Å². The molecule has 2 aliphatic rings. The Labute approximate surface area is 140 Å². The fourth-order valence-electron chi connectivity index (χ4n) is 2.86. The Morgan fingerprint density at radius 3 is 2.45 bits per heavy atom. The predicted molar refractivity (Wildman–Crippen MR) is 88.5 cm³/mol. The van der Waals surface area contributed by atoms with E-state index in [2.05, 4.69) is 26.1 Å². The zero-order chi connectivity index (χ0) is 12.5. The van der Waals surface area contributed by atoms with Gasteiger partial charge in [0.2, 0.25) is 0 Å². The summed E-state index contributed by atoms with van der Waals surface area (Å²) in [5.41, 5.74) is 1.12. The van der Waals surface area contributed by atoms with Crippen molar-refractivity contribution in [2.75, 3.05) is 26.2 Å². The van der Waals surface area contributed by atoms with Crippen molar-refractivity contribution < 1.29 is 4.39 Å². The molecule has 2 fully saturated rings. The van der Waals surface area contributed by atoms with Gasteiger partial charge in [0, 0.05) is 36.7 Å². The first-order chi connectivity index (χ1) is 8.75. The van der Waals surface area contributed by atoms with Crippen LogP contribution >= 0.6 is 40.7 Å². The summed E-state index contributed by atoms with van der Waals surface area (Å²) in [6.07, 6.45) is 2.55. The van der Waals surface area contributed by atoms with Crippen molar-refractivity contribution in [3.8, 4) is 0 Å². The third kappa shape index (κ3) is 4.08. The first-order valence-electron chi connectivity index (χ1n) is 6.65. The van der Waals surface area contributed by atoms with Crippen molar-refractivity contribution in [1.82, 2.24) is 10.2 Å². The molecule has 1 atom stereocenters. The second-order valence-corrected chi connectivity index (χ2v) is 6.09. The molecule has 0 unspecified atom stereocenters. The summed E-state index contributed by atoms with van der Waals surface area (Å²) in [5.74, 6) is 0.579. The minimum atomic E-state index is -0.131. The lowest BCUT2D eigenvalue weighted by Gasteiger charge is -2.36. The Balaban J connectivity index is 0.000001000. The zero-order valence-electron chi connectivity index (χ0n) is 11.1. The van der Waals surface area contributed by atoms with Gasteiger partial charge in [-0.3, -0.25) is 4.90 Å². The van der Waals surface area contributed by atoms with Crippen LogP contribution in [0.5, 0.6) is 0 Å². The summed E-state index contributed by atoms with van der Waals surface area (Å²) in [6.45, 7) is 4.19. The number of hydrogen-bond donors (Lipinski definition) is 1. The monoisotopic (exact) mass is 384 g/mol. The van der Waals surface area contributed by atoms with Gasteiger partial charge in [0.15, 0.2) is 0 Å². The second kappa shape index (κ2) is 7.95. The largest absolute Gasteiger partial charge is 0.314 e. The first kappa shape index (κ1) is 18.2. The van der Waals surface area contributed by atoms with Gasteiger partial charge in [-0.1, -0.05) is 15.9 Å². The van der Waals surface area contributed by atoms with Crippen LogP contribution in [0.1, 0.15) is 24.4 Å². The van der Waals surface area contributed by atoms with E-state index in [1.54, 1.807) is 6.07 Å². The highest BCUT2D eigenvalue weighted by Gasteiger charge is 2.37. The summed E-state index contributed by atoms with van der Waals surface area (Å²) < 4.78 is 14.5. The lowest BCUT2D eigenvalue weighted by atomic mass is 9.99. The Kier molecular flexibility index (Phi) is 7.22. The highest BCUT2D eigenvalue weighted by atomic mass is 79.9. The second-order valence-electron chi connectivity index (χ2n) is 5.23. The third-order valence-corrected chi connectivity index (χ3v) is 4.61. The number of nitrogens with one attached hydrogen (secondary N) is 1. The average molecular weight is 386 g/mol. The molecule has 1 aromatic carbocycles. The Morgan fingerprint density at radius 1 is 1.20 bits per heavy atom. The maximum Gasteiger partial charge on any atom is 0.123 e. The maximum absolute atomic E-state index is 13.5. The van der Waals surface area contributed by atoms with Crippen LogP contribution in [0.4, 0.5) is 4.39 Å². The SMILES string of the molecule is Cl.Cl.Fc1ccc(Br)c([C@@H](C2CC2)N2CCNCC2)c1. The summed E-state index contributed by atoms with van der Waals surface area (Å²) >= 11 is 3.58. The van der Waals surface area contributed by atoms with Crippen molar-refractivity contribution in [1.29, 1.82) is 0 Å². The molecule has 1 heterocycles. The molecular formula is C14H20BrCl2FN2. The molecule has 1 saturated heterocycles. The molecular weight excluding hydrogens is 366 g/mol. The number of halogens is 4. The van der Waals surface area contributed by atoms with Crippen LogP contribution in [0.3, 0.4) is 0 Å². The standard InChI is InChI=1S/C14H18BrFN2.2ClH/c15-13-4-3-11(16)9-12(13)14(10-1-2-10)18-7-5-17-6-8-18;;/h3-4,9-10,14,17H,1-2,5-8H2;2*1H/t14-;;/m1../s1. The quantitative estimate of drug-likeness (QED) is 0.851. The normalized spacial score (nSPS) is 20.7. The lowest BCUT2D eigenvalue weighted by molar-refractivity contribution is 0.155. The lowest BCUT2D eigenvalue weighted by Crippen LogP contribution is -2.45. The van der Waals surface area contributed by atoms with E-state index in [0.717, 1.165) is 36.2 Å². The summed E-state index contributed by atoms with van der Waals surface area (Å²) in [4.78, 5) is 2.51. The molecule has 114 valence electrons. The van der Waals surface area contributed by atoms with Crippen LogP contribution in [0.15, 0.2) is 22.7 Å². The highest BCUT2D eigenvalue weighted by Crippen LogP contribution is 2.46. The van der Waals surface area contributed by atoms with Crippen molar-refractivity contribution in [2.24, 2.45) is 5.92 Å². The van der Waals surface area contributed by atoms with E-state index in [1.165, 1.54) is 18.9 Å². The van der Waals surface area contributed by atoms with Crippen molar-refractivity contribution in [3.63, 3.8) is 0 Å². The minimum Gasteiger partial charge on any atom is -0.314 e. The van der Waals surface area contributed by atoms with Gasteiger partial charge in [0.05, 0.1) is 0 Å².